The highest BCUT2D eigenvalue weighted by atomic mass is 79.9. The lowest BCUT2D eigenvalue weighted by Crippen LogP contribution is -2.00. The fraction of sp³-hybridized carbons (Fsp3) is 0.111. The minimum absolute atomic E-state index is 0.0798. The van der Waals surface area contributed by atoms with Crippen LogP contribution in [0.3, 0.4) is 0 Å². The van der Waals surface area contributed by atoms with E-state index in [4.69, 9.17) is 5.11 Å². The van der Waals surface area contributed by atoms with Crippen LogP contribution in [-0.4, -0.2) is 26.2 Å². The summed E-state index contributed by atoms with van der Waals surface area (Å²) < 4.78 is 26.6. The number of alkyl halides is 2. The van der Waals surface area contributed by atoms with Gasteiger partial charge in [-0.25, -0.2) is 9.78 Å². The average Bonchev–Trinajstić information content (AvgIpc) is 2.58. The van der Waals surface area contributed by atoms with Crippen LogP contribution in [0.25, 0.3) is 5.65 Å². The molecule has 2 rings (SSSR count). The minimum atomic E-state index is -2.70. The van der Waals surface area contributed by atoms with Crippen LogP contribution < -0.4 is 0 Å². The number of thioether (sulfide) groups is 1. The van der Waals surface area contributed by atoms with Crippen LogP contribution in [0.1, 0.15) is 10.5 Å². The molecule has 90 valence electrons. The molecule has 0 aromatic carbocycles. The molecular weight excluding hydrogens is 318 g/mol. The molecule has 17 heavy (non-hydrogen) atoms. The molecule has 0 aliphatic carbocycles. The Labute approximate surface area is 107 Å². The summed E-state index contributed by atoms with van der Waals surface area (Å²) in [7, 11) is 0. The molecule has 8 heteroatoms. The van der Waals surface area contributed by atoms with E-state index < -0.39 is 11.7 Å². The van der Waals surface area contributed by atoms with Gasteiger partial charge in [0.1, 0.15) is 5.03 Å². The summed E-state index contributed by atoms with van der Waals surface area (Å²) in [6.07, 6.45) is 1.49. The SMILES string of the molecule is O=C(O)c1nc2c(Br)cccn2c1SC(F)F. The van der Waals surface area contributed by atoms with Gasteiger partial charge < -0.3 is 5.11 Å². The van der Waals surface area contributed by atoms with Crippen molar-refractivity contribution in [3.8, 4) is 0 Å². The third-order valence-electron chi connectivity index (χ3n) is 1.96. The summed E-state index contributed by atoms with van der Waals surface area (Å²) in [5.74, 6) is -4.03. The van der Waals surface area contributed by atoms with Gasteiger partial charge in [-0.1, -0.05) is 0 Å². The van der Waals surface area contributed by atoms with Crippen molar-refractivity contribution in [1.29, 1.82) is 0 Å². The maximum Gasteiger partial charge on any atom is 0.357 e. The van der Waals surface area contributed by atoms with Crippen LogP contribution in [-0.2, 0) is 0 Å². The van der Waals surface area contributed by atoms with Gasteiger partial charge in [-0.15, -0.1) is 0 Å². The normalized spacial score (nSPS) is 11.3. The zero-order chi connectivity index (χ0) is 12.6. The van der Waals surface area contributed by atoms with Crippen molar-refractivity contribution in [2.24, 2.45) is 0 Å². The Morgan fingerprint density at radius 3 is 2.88 bits per heavy atom. The van der Waals surface area contributed by atoms with Crippen LogP contribution in [0.4, 0.5) is 8.78 Å². The maximum absolute atomic E-state index is 12.4. The highest BCUT2D eigenvalue weighted by Crippen LogP contribution is 2.31. The van der Waals surface area contributed by atoms with Crippen molar-refractivity contribution >= 4 is 39.3 Å². The summed E-state index contributed by atoms with van der Waals surface area (Å²) in [5.41, 5.74) is -0.0738. The Bertz CT molecular complexity index is 588. The molecule has 0 unspecified atom stereocenters. The molecule has 2 aromatic heterocycles. The van der Waals surface area contributed by atoms with Crippen molar-refractivity contribution in [1.82, 2.24) is 9.38 Å². The van der Waals surface area contributed by atoms with Crippen LogP contribution in [0.5, 0.6) is 0 Å². The summed E-state index contributed by atoms with van der Waals surface area (Å²) in [6.45, 7) is 0. The van der Waals surface area contributed by atoms with Gasteiger partial charge in [0.05, 0.1) is 4.47 Å². The topological polar surface area (TPSA) is 54.6 Å². The number of pyridine rings is 1. The molecular formula is C9H5BrF2N2O2S. The molecule has 4 nitrogen and oxygen atoms in total. The van der Waals surface area contributed by atoms with Gasteiger partial charge in [-0.2, -0.15) is 8.78 Å². The first-order valence-electron chi connectivity index (χ1n) is 4.35. The lowest BCUT2D eigenvalue weighted by atomic mass is 10.5. The quantitative estimate of drug-likeness (QED) is 0.882. The largest absolute Gasteiger partial charge is 0.476 e. The third-order valence-corrected chi connectivity index (χ3v) is 3.37. The van der Waals surface area contributed by atoms with Crippen molar-refractivity contribution in [3.63, 3.8) is 0 Å². The fourth-order valence-corrected chi connectivity index (χ4v) is 2.46. The van der Waals surface area contributed by atoms with Crippen LogP contribution in [0, 0.1) is 0 Å². The second-order valence-electron chi connectivity index (χ2n) is 3.00. The molecule has 0 atom stereocenters. The van der Waals surface area contributed by atoms with E-state index in [1.54, 1.807) is 12.1 Å². The number of nitrogens with zero attached hydrogens (tertiary/aromatic N) is 2. The standard InChI is InChI=1S/C9H5BrF2N2O2S/c10-4-2-1-3-14-6(4)13-5(8(15)16)7(14)17-9(11)12/h1-3,9H,(H,15,16). The van der Waals surface area contributed by atoms with E-state index in [2.05, 4.69) is 20.9 Å². The van der Waals surface area contributed by atoms with Gasteiger partial charge >= 0.3 is 5.97 Å². The van der Waals surface area contributed by atoms with Crippen molar-refractivity contribution in [2.45, 2.75) is 10.8 Å². The van der Waals surface area contributed by atoms with Gasteiger partial charge in [0.25, 0.3) is 5.76 Å². The number of imidazole rings is 1. The van der Waals surface area contributed by atoms with E-state index in [-0.39, 0.29) is 22.5 Å². The first-order valence-corrected chi connectivity index (χ1v) is 6.02. The zero-order valence-electron chi connectivity index (χ0n) is 8.10. The second kappa shape index (κ2) is 4.61. The number of carboxylic acids is 1. The second-order valence-corrected chi connectivity index (χ2v) is 4.83. The van der Waals surface area contributed by atoms with Crippen LogP contribution in [0.15, 0.2) is 27.8 Å². The van der Waals surface area contributed by atoms with Gasteiger partial charge in [-0.05, 0) is 39.8 Å². The van der Waals surface area contributed by atoms with Gasteiger partial charge in [-0.3, -0.25) is 4.40 Å². The van der Waals surface area contributed by atoms with E-state index >= 15 is 0 Å². The van der Waals surface area contributed by atoms with E-state index in [0.29, 0.717) is 10.1 Å². The molecule has 0 radical (unpaired) electrons. The Morgan fingerprint density at radius 2 is 2.29 bits per heavy atom. The van der Waals surface area contributed by atoms with Gasteiger partial charge in [0, 0.05) is 6.20 Å². The highest BCUT2D eigenvalue weighted by Gasteiger charge is 2.22. The molecule has 2 aromatic rings. The molecule has 0 aliphatic heterocycles. The average molecular weight is 323 g/mol. The number of carboxylic acid groups (broad SMARTS) is 1. The van der Waals surface area contributed by atoms with Crippen molar-refractivity contribution in [2.75, 3.05) is 0 Å². The zero-order valence-corrected chi connectivity index (χ0v) is 10.5. The number of rotatable bonds is 3. The molecule has 0 saturated carbocycles. The third kappa shape index (κ3) is 2.27. The summed E-state index contributed by atoms with van der Waals surface area (Å²) >= 11 is 3.35. The number of aromatic carboxylic acids is 1. The van der Waals surface area contributed by atoms with E-state index in [0.717, 1.165) is 0 Å². The van der Waals surface area contributed by atoms with E-state index in [1.165, 1.54) is 10.6 Å². The molecule has 0 bridgehead atoms. The van der Waals surface area contributed by atoms with Gasteiger partial charge in [0.2, 0.25) is 0 Å². The maximum atomic E-state index is 12.4. The lowest BCUT2D eigenvalue weighted by molar-refractivity contribution is 0.0687. The Hall–Kier alpha value is -1.15. The smallest absolute Gasteiger partial charge is 0.357 e. The number of aromatic nitrogens is 2. The number of halogens is 3. The lowest BCUT2D eigenvalue weighted by Gasteiger charge is -2.01. The number of hydrogen-bond donors (Lipinski definition) is 1. The minimum Gasteiger partial charge on any atom is -0.476 e. The predicted molar refractivity (Wildman–Crippen MR) is 61.7 cm³/mol. The molecule has 0 spiro atoms. The van der Waals surface area contributed by atoms with Gasteiger partial charge in [0.15, 0.2) is 11.3 Å². The Kier molecular flexibility index (Phi) is 3.34. The van der Waals surface area contributed by atoms with Crippen LogP contribution >= 0.6 is 27.7 Å². The summed E-state index contributed by atoms with van der Waals surface area (Å²) in [5, 5.41) is 8.84. The van der Waals surface area contributed by atoms with Crippen molar-refractivity contribution in [3.05, 3.63) is 28.5 Å². The van der Waals surface area contributed by atoms with Crippen molar-refractivity contribution < 1.29 is 18.7 Å². The van der Waals surface area contributed by atoms with Crippen LogP contribution in [0.2, 0.25) is 0 Å². The highest BCUT2D eigenvalue weighted by molar-refractivity contribution is 9.10. The molecule has 2 heterocycles. The monoisotopic (exact) mass is 322 g/mol. The molecule has 0 saturated heterocycles. The number of carbonyl (C=O) groups is 1. The van der Waals surface area contributed by atoms with E-state index in [9.17, 15) is 13.6 Å². The van der Waals surface area contributed by atoms with E-state index in [1.807, 2.05) is 0 Å². The Morgan fingerprint density at radius 1 is 1.59 bits per heavy atom. The Balaban J connectivity index is 2.71. The summed E-state index contributed by atoms with van der Waals surface area (Å²) in [4.78, 5) is 14.8. The number of fused-ring (bicyclic) bond motifs is 1. The molecule has 0 fully saturated rings. The summed E-state index contributed by atoms with van der Waals surface area (Å²) in [6, 6.07) is 3.27. The first kappa shape index (κ1) is 12.3. The molecule has 0 amide bonds. The predicted octanol–water partition coefficient (Wildman–Crippen LogP) is 3.11. The fourth-order valence-electron chi connectivity index (χ4n) is 1.35. The number of hydrogen-bond acceptors (Lipinski definition) is 3. The molecule has 0 aliphatic rings. The first-order chi connectivity index (χ1) is 8.00. The molecule has 1 N–H and O–H groups in total.